The van der Waals surface area contributed by atoms with Gasteiger partial charge < -0.3 is 10.6 Å². The summed E-state index contributed by atoms with van der Waals surface area (Å²) in [5, 5.41) is 8.50. The van der Waals surface area contributed by atoms with Crippen LogP contribution in [0.3, 0.4) is 0 Å². The van der Waals surface area contributed by atoms with Gasteiger partial charge in [0.1, 0.15) is 0 Å². The predicted octanol–water partition coefficient (Wildman–Crippen LogP) is 2.31. The largest absolute Gasteiger partial charge is 0.348 e. The third kappa shape index (κ3) is 2.69. The highest BCUT2D eigenvalue weighted by molar-refractivity contribution is 7.10. The first-order chi connectivity index (χ1) is 8.15. The lowest BCUT2D eigenvalue weighted by atomic mass is 9.88. The van der Waals surface area contributed by atoms with E-state index >= 15 is 0 Å². The molecule has 1 fully saturated rings. The van der Waals surface area contributed by atoms with Gasteiger partial charge >= 0.3 is 0 Å². The maximum Gasteiger partial charge on any atom is 0.227 e. The van der Waals surface area contributed by atoms with E-state index in [1.807, 2.05) is 13.0 Å². The number of hydrogen-bond acceptors (Lipinski definition) is 3. The van der Waals surface area contributed by atoms with Gasteiger partial charge in [-0.05, 0) is 37.8 Å². The van der Waals surface area contributed by atoms with E-state index in [0.717, 1.165) is 25.9 Å². The molecule has 0 bridgehead atoms. The van der Waals surface area contributed by atoms with Gasteiger partial charge in [-0.25, -0.2) is 0 Å². The van der Waals surface area contributed by atoms with Crippen LogP contribution in [0.25, 0.3) is 0 Å². The molecule has 17 heavy (non-hydrogen) atoms. The van der Waals surface area contributed by atoms with Crippen molar-refractivity contribution < 1.29 is 4.79 Å². The molecule has 1 saturated heterocycles. The fraction of sp³-hybridized carbons (Fsp3) is 0.615. The fourth-order valence-electron chi connectivity index (χ4n) is 2.21. The van der Waals surface area contributed by atoms with Crippen molar-refractivity contribution in [2.45, 2.75) is 32.7 Å². The molecule has 1 aliphatic rings. The quantitative estimate of drug-likeness (QED) is 0.863. The van der Waals surface area contributed by atoms with Crippen LogP contribution in [0.15, 0.2) is 17.5 Å². The Labute approximate surface area is 107 Å². The molecule has 2 rings (SSSR count). The van der Waals surface area contributed by atoms with Crippen LogP contribution in [0.2, 0.25) is 0 Å². The molecular weight excluding hydrogens is 232 g/mol. The Morgan fingerprint density at radius 1 is 1.71 bits per heavy atom. The number of carbonyl (C=O) groups is 1. The molecule has 4 heteroatoms. The van der Waals surface area contributed by atoms with Crippen LogP contribution in [0.5, 0.6) is 0 Å². The Balaban J connectivity index is 2.02. The van der Waals surface area contributed by atoms with Crippen molar-refractivity contribution in [3.05, 3.63) is 22.4 Å². The molecule has 1 aromatic heterocycles. The van der Waals surface area contributed by atoms with Crippen LogP contribution in [0.1, 0.15) is 37.6 Å². The van der Waals surface area contributed by atoms with Crippen molar-refractivity contribution in [2.75, 3.05) is 13.1 Å². The maximum absolute atomic E-state index is 12.3. The maximum atomic E-state index is 12.3. The lowest BCUT2D eigenvalue weighted by Gasteiger charge is -2.25. The highest BCUT2D eigenvalue weighted by Crippen LogP contribution is 2.28. The number of rotatable bonds is 4. The molecule has 2 heterocycles. The van der Waals surface area contributed by atoms with Gasteiger partial charge in [0, 0.05) is 11.4 Å². The summed E-state index contributed by atoms with van der Waals surface area (Å²) in [6.07, 6.45) is 1.87. The molecule has 2 atom stereocenters. The summed E-state index contributed by atoms with van der Waals surface area (Å²) in [6.45, 7) is 5.89. The third-order valence-corrected chi connectivity index (χ3v) is 4.50. The monoisotopic (exact) mass is 252 g/mol. The molecule has 0 spiro atoms. The minimum Gasteiger partial charge on any atom is -0.348 e. The fourth-order valence-corrected chi connectivity index (χ4v) is 3.07. The van der Waals surface area contributed by atoms with E-state index in [-0.39, 0.29) is 17.4 Å². The van der Waals surface area contributed by atoms with Crippen molar-refractivity contribution in [3.63, 3.8) is 0 Å². The van der Waals surface area contributed by atoms with Gasteiger partial charge in [-0.15, -0.1) is 11.3 Å². The first kappa shape index (κ1) is 12.6. The topological polar surface area (TPSA) is 41.1 Å². The molecule has 94 valence electrons. The highest BCUT2D eigenvalue weighted by atomic mass is 32.1. The van der Waals surface area contributed by atoms with E-state index in [1.165, 1.54) is 4.88 Å². The van der Waals surface area contributed by atoms with Crippen molar-refractivity contribution in [1.29, 1.82) is 0 Å². The molecule has 1 aromatic rings. The highest BCUT2D eigenvalue weighted by Gasteiger charge is 2.37. The summed E-state index contributed by atoms with van der Waals surface area (Å²) in [6, 6.07) is 4.29. The van der Waals surface area contributed by atoms with Gasteiger partial charge in [0.05, 0.1) is 11.5 Å². The normalized spacial score (nSPS) is 25.8. The van der Waals surface area contributed by atoms with E-state index in [4.69, 9.17) is 0 Å². The second-order valence-corrected chi connectivity index (χ2v) is 5.92. The molecule has 0 radical (unpaired) electrons. The average molecular weight is 252 g/mol. The van der Waals surface area contributed by atoms with Crippen LogP contribution in [-0.2, 0) is 4.79 Å². The summed E-state index contributed by atoms with van der Waals surface area (Å²) in [4.78, 5) is 13.5. The zero-order chi connectivity index (χ0) is 12.3. The molecule has 3 nitrogen and oxygen atoms in total. The minimum atomic E-state index is -0.231. The van der Waals surface area contributed by atoms with E-state index in [0.29, 0.717) is 0 Å². The minimum absolute atomic E-state index is 0.167. The zero-order valence-corrected chi connectivity index (χ0v) is 11.3. The summed E-state index contributed by atoms with van der Waals surface area (Å²) >= 11 is 1.71. The lowest BCUT2D eigenvalue weighted by Crippen LogP contribution is -2.41. The molecule has 2 unspecified atom stereocenters. The molecule has 2 N–H and O–H groups in total. The van der Waals surface area contributed by atoms with Crippen molar-refractivity contribution >= 4 is 17.2 Å². The summed E-state index contributed by atoms with van der Waals surface area (Å²) < 4.78 is 0. The third-order valence-electron chi connectivity index (χ3n) is 3.52. The first-order valence-corrected chi connectivity index (χ1v) is 7.09. The standard InChI is InChI=1S/C13H20N2OS/c1-3-10(11-5-4-8-17-11)15-12(16)13(2)6-7-14-9-13/h4-5,8,10,14H,3,6-7,9H2,1-2H3,(H,15,16). The van der Waals surface area contributed by atoms with Crippen LogP contribution < -0.4 is 10.6 Å². The van der Waals surface area contributed by atoms with E-state index < -0.39 is 0 Å². The van der Waals surface area contributed by atoms with Crippen LogP contribution in [0.4, 0.5) is 0 Å². The summed E-state index contributed by atoms with van der Waals surface area (Å²) in [5.74, 6) is 0.183. The summed E-state index contributed by atoms with van der Waals surface area (Å²) in [7, 11) is 0. The van der Waals surface area contributed by atoms with Crippen LogP contribution in [0, 0.1) is 5.41 Å². The van der Waals surface area contributed by atoms with Crippen molar-refractivity contribution in [2.24, 2.45) is 5.41 Å². The van der Waals surface area contributed by atoms with Gasteiger partial charge in [0.25, 0.3) is 0 Å². The molecule has 1 aliphatic heterocycles. The Bertz CT molecular complexity index is 369. The van der Waals surface area contributed by atoms with Gasteiger partial charge in [-0.2, -0.15) is 0 Å². The van der Waals surface area contributed by atoms with Gasteiger partial charge in [-0.1, -0.05) is 13.0 Å². The van der Waals surface area contributed by atoms with Gasteiger partial charge in [0.15, 0.2) is 0 Å². The molecule has 0 aliphatic carbocycles. The number of amides is 1. The van der Waals surface area contributed by atoms with E-state index in [2.05, 4.69) is 29.0 Å². The Morgan fingerprint density at radius 2 is 2.53 bits per heavy atom. The Morgan fingerprint density at radius 3 is 3.06 bits per heavy atom. The lowest BCUT2D eigenvalue weighted by molar-refractivity contribution is -0.130. The molecule has 1 amide bonds. The second-order valence-electron chi connectivity index (χ2n) is 4.94. The molecule has 0 aromatic carbocycles. The Hall–Kier alpha value is -0.870. The number of thiophene rings is 1. The molecule has 0 saturated carbocycles. The number of nitrogens with one attached hydrogen (secondary N) is 2. The second kappa shape index (κ2) is 5.19. The average Bonchev–Trinajstić information content (AvgIpc) is 2.97. The zero-order valence-electron chi connectivity index (χ0n) is 10.5. The van der Waals surface area contributed by atoms with E-state index in [9.17, 15) is 4.79 Å². The first-order valence-electron chi connectivity index (χ1n) is 6.21. The Kier molecular flexibility index (Phi) is 3.84. The summed E-state index contributed by atoms with van der Waals surface area (Å²) in [5.41, 5.74) is -0.231. The number of hydrogen-bond donors (Lipinski definition) is 2. The van der Waals surface area contributed by atoms with Crippen molar-refractivity contribution in [3.8, 4) is 0 Å². The molecular formula is C13H20N2OS. The smallest absolute Gasteiger partial charge is 0.227 e. The van der Waals surface area contributed by atoms with Crippen molar-refractivity contribution in [1.82, 2.24) is 10.6 Å². The van der Waals surface area contributed by atoms with E-state index in [1.54, 1.807) is 11.3 Å². The van der Waals surface area contributed by atoms with Crippen LogP contribution in [-0.4, -0.2) is 19.0 Å². The van der Waals surface area contributed by atoms with Gasteiger partial charge in [0.2, 0.25) is 5.91 Å². The van der Waals surface area contributed by atoms with Gasteiger partial charge in [-0.3, -0.25) is 4.79 Å². The number of carbonyl (C=O) groups excluding carboxylic acids is 1. The predicted molar refractivity (Wildman–Crippen MR) is 71.1 cm³/mol. The SMILES string of the molecule is CCC(NC(=O)C1(C)CCNC1)c1cccs1. The van der Waals surface area contributed by atoms with Crippen LogP contribution >= 0.6 is 11.3 Å².